The molecule has 0 bridgehead atoms. The van der Waals surface area contributed by atoms with Crippen LogP contribution in [-0.2, 0) is 0 Å². The molecule has 0 amide bonds. The van der Waals surface area contributed by atoms with E-state index in [2.05, 4.69) is 0 Å². The lowest BCUT2D eigenvalue weighted by Crippen LogP contribution is -1.98. The standard InChI is InChI=1S/C10H7Cl2NO2/c11-10(12)6-15-8-3-1-2-7(4-8)9(14)5-13/h1-6,13H. The average molecular weight is 244 g/mol. The number of carbonyl (C=O) groups excluding carboxylic acids is 1. The SMILES string of the molecule is N=CC(=O)c1cccc(OC=C(Cl)Cl)c1. The molecule has 0 unspecified atom stereocenters. The van der Waals surface area contributed by atoms with Gasteiger partial charge in [-0.15, -0.1) is 0 Å². The zero-order valence-corrected chi connectivity index (χ0v) is 9.05. The van der Waals surface area contributed by atoms with Gasteiger partial charge in [0.15, 0.2) is 0 Å². The summed E-state index contributed by atoms with van der Waals surface area (Å²) in [7, 11) is 0. The Morgan fingerprint density at radius 3 is 2.73 bits per heavy atom. The molecular formula is C10H7Cl2NO2. The van der Waals surface area contributed by atoms with Crippen LogP contribution < -0.4 is 4.74 Å². The number of hydrogen-bond acceptors (Lipinski definition) is 3. The van der Waals surface area contributed by atoms with Gasteiger partial charge in [0, 0.05) is 5.56 Å². The van der Waals surface area contributed by atoms with E-state index in [-0.39, 0.29) is 10.3 Å². The maximum absolute atomic E-state index is 11.1. The van der Waals surface area contributed by atoms with E-state index < -0.39 is 0 Å². The summed E-state index contributed by atoms with van der Waals surface area (Å²) in [6.07, 6.45) is 1.89. The monoisotopic (exact) mass is 243 g/mol. The van der Waals surface area contributed by atoms with Gasteiger partial charge < -0.3 is 10.1 Å². The third-order valence-corrected chi connectivity index (χ3v) is 1.71. The molecule has 0 fully saturated rings. The third kappa shape index (κ3) is 3.73. The second-order valence-corrected chi connectivity index (χ2v) is 3.57. The van der Waals surface area contributed by atoms with E-state index in [1.807, 2.05) is 0 Å². The Kier molecular flexibility index (Phi) is 4.34. The molecule has 0 spiro atoms. The van der Waals surface area contributed by atoms with E-state index in [1.165, 1.54) is 6.07 Å². The number of nitrogens with one attached hydrogen (secondary N) is 1. The molecule has 0 aliphatic heterocycles. The summed E-state index contributed by atoms with van der Waals surface area (Å²) in [5.41, 5.74) is 0.376. The molecule has 15 heavy (non-hydrogen) atoms. The summed E-state index contributed by atoms with van der Waals surface area (Å²) in [5.74, 6) is 0.0444. The highest BCUT2D eigenvalue weighted by Crippen LogP contribution is 2.15. The minimum atomic E-state index is -0.388. The Bertz CT molecular complexity index is 412. The molecule has 0 saturated carbocycles. The Labute approximate surface area is 96.8 Å². The molecule has 0 heterocycles. The number of hydrogen-bond donors (Lipinski definition) is 1. The van der Waals surface area contributed by atoms with Crippen molar-refractivity contribution >= 4 is 35.2 Å². The number of ketones is 1. The lowest BCUT2D eigenvalue weighted by molar-refractivity contribution is 0.107. The van der Waals surface area contributed by atoms with Crippen LogP contribution in [0.3, 0.4) is 0 Å². The Hall–Kier alpha value is -1.32. The van der Waals surface area contributed by atoms with E-state index in [1.54, 1.807) is 18.2 Å². The fourth-order valence-corrected chi connectivity index (χ4v) is 1.01. The minimum Gasteiger partial charge on any atom is -0.462 e. The highest BCUT2D eigenvalue weighted by Gasteiger charge is 2.02. The van der Waals surface area contributed by atoms with Crippen molar-refractivity contribution in [1.29, 1.82) is 5.41 Å². The van der Waals surface area contributed by atoms with Crippen LogP contribution in [0.25, 0.3) is 0 Å². The zero-order valence-electron chi connectivity index (χ0n) is 7.54. The van der Waals surface area contributed by atoms with E-state index in [9.17, 15) is 4.79 Å². The zero-order chi connectivity index (χ0) is 11.3. The topological polar surface area (TPSA) is 50.2 Å². The van der Waals surface area contributed by atoms with E-state index >= 15 is 0 Å². The van der Waals surface area contributed by atoms with Gasteiger partial charge in [0.05, 0.1) is 6.21 Å². The minimum absolute atomic E-state index is 0.0150. The number of Topliss-reactive ketones (excluding diaryl/α,β-unsaturated/α-hetero) is 1. The molecule has 3 nitrogen and oxygen atoms in total. The first kappa shape index (κ1) is 11.8. The van der Waals surface area contributed by atoms with E-state index in [0.29, 0.717) is 11.3 Å². The molecule has 0 atom stereocenters. The summed E-state index contributed by atoms with van der Waals surface area (Å²) >= 11 is 10.7. The number of carbonyl (C=O) groups is 1. The molecule has 1 aromatic carbocycles. The first-order valence-corrected chi connectivity index (χ1v) is 4.72. The molecular weight excluding hydrogens is 237 g/mol. The fourth-order valence-electron chi connectivity index (χ4n) is 0.919. The molecule has 78 valence electrons. The van der Waals surface area contributed by atoms with Gasteiger partial charge in [-0.25, -0.2) is 0 Å². The number of rotatable bonds is 4. The average Bonchev–Trinajstić information content (AvgIpc) is 2.25. The fraction of sp³-hybridized carbons (Fsp3) is 0. The van der Waals surface area contributed by atoms with Crippen LogP contribution in [0.4, 0.5) is 0 Å². The van der Waals surface area contributed by atoms with Crippen molar-refractivity contribution in [1.82, 2.24) is 0 Å². The summed E-state index contributed by atoms with van der Waals surface area (Å²) in [6, 6.07) is 6.38. The lowest BCUT2D eigenvalue weighted by atomic mass is 10.1. The molecule has 1 rings (SSSR count). The van der Waals surface area contributed by atoms with E-state index in [0.717, 1.165) is 12.5 Å². The Balaban J connectivity index is 2.88. The molecule has 0 aliphatic carbocycles. The highest BCUT2D eigenvalue weighted by atomic mass is 35.5. The van der Waals surface area contributed by atoms with Crippen molar-refractivity contribution in [3.8, 4) is 5.75 Å². The predicted molar refractivity (Wildman–Crippen MR) is 60.0 cm³/mol. The molecule has 1 aromatic rings. The summed E-state index contributed by atoms with van der Waals surface area (Å²) in [6.45, 7) is 0. The first-order chi connectivity index (χ1) is 7.13. The van der Waals surface area contributed by atoms with Crippen molar-refractivity contribution in [2.45, 2.75) is 0 Å². The highest BCUT2D eigenvalue weighted by molar-refractivity contribution is 6.55. The number of benzene rings is 1. The molecule has 1 N–H and O–H groups in total. The van der Waals surface area contributed by atoms with Crippen LogP contribution in [0.15, 0.2) is 35.0 Å². The summed E-state index contributed by atoms with van der Waals surface area (Å²) in [4.78, 5) is 11.1. The first-order valence-electron chi connectivity index (χ1n) is 3.96. The van der Waals surface area contributed by atoms with Crippen LogP contribution in [0.1, 0.15) is 10.4 Å². The molecule has 5 heteroatoms. The van der Waals surface area contributed by atoms with E-state index in [4.69, 9.17) is 33.3 Å². The second kappa shape index (κ2) is 5.53. The van der Waals surface area contributed by atoms with Gasteiger partial charge in [-0.2, -0.15) is 0 Å². The van der Waals surface area contributed by atoms with Gasteiger partial charge in [-0.05, 0) is 12.1 Å². The normalized spacial score (nSPS) is 9.20. The van der Waals surface area contributed by atoms with Crippen LogP contribution in [0.2, 0.25) is 0 Å². The van der Waals surface area contributed by atoms with Gasteiger partial charge in [0.1, 0.15) is 16.5 Å². The largest absolute Gasteiger partial charge is 0.462 e. The number of halogens is 2. The second-order valence-electron chi connectivity index (χ2n) is 2.56. The molecule has 0 radical (unpaired) electrons. The smallest absolute Gasteiger partial charge is 0.203 e. The van der Waals surface area contributed by atoms with Gasteiger partial charge in [-0.1, -0.05) is 35.3 Å². The van der Waals surface area contributed by atoms with Gasteiger partial charge >= 0.3 is 0 Å². The van der Waals surface area contributed by atoms with Crippen molar-refractivity contribution in [2.75, 3.05) is 0 Å². The lowest BCUT2D eigenvalue weighted by Gasteiger charge is -2.01. The van der Waals surface area contributed by atoms with Crippen molar-refractivity contribution in [3.05, 3.63) is 40.6 Å². The third-order valence-electron chi connectivity index (χ3n) is 1.53. The van der Waals surface area contributed by atoms with Gasteiger partial charge in [-0.3, -0.25) is 4.79 Å². The summed E-state index contributed by atoms with van der Waals surface area (Å²) in [5, 5.41) is 6.82. The van der Waals surface area contributed by atoms with Crippen molar-refractivity contribution in [3.63, 3.8) is 0 Å². The van der Waals surface area contributed by atoms with Crippen LogP contribution in [-0.4, -0.2) is 12.0 Å². The van der Waals surface area contributed by atoms with Crippen LogP contribution in [0.5, 0.6) is 5.75 Å². The molecule has 0 aromatic heterocycles. The predicted octanol–water partition coefficient (Wildman–Crippen LogP) is 3.17. The Morgan fingerprint density at radius 2 is 2.13 bits per heavy atom. The maximum atomic E-state index is 11.1. The van der Waals surface area contributed by atoms with Crippen molar-refractivity contribution in [2.24, 2.45) is 0 Å². The van der Waals surface area contributed by atoms with Crippen LogP contribution in [0, 0.1) is 5.41 Å². The summed E-state index contributed by atoms with van der Waals surface area (Å²) < 4.78 is 5.03. The Morgan fingerprint density at radius 1 is 1.40 bits per heavy atom. The maximum Gasteiger partial charge on any atom is 0.203 e. The quantitative estimate of drug-likeness (QED) is 0.502. The van der Waals surface area contributed by atoms with Gasteiger partial charge in [0.2, 0.25) is 5.78 Å². The molecule has 0 aliphatic rings. The van der Waals surface area contributed by atoms with Crippen LogP contribution >= 0.6 is 23.2 Å². The van der Waals surface area contributed by atoms with Gasteiger partial charge in [0.25, 0.3) is 0 Å². The number of ether oxygens (including phenoxy) is 1. The molecule has 0 saturated heterocycles. The van der Waals surface area contributed by atoms with Crippen molar-refractivity contribution < 1.29 is 9.53 Å².